The lowest BCUT2D eigenvalue weighted by Crippen LogP contribution is -2.26. The molecule has 1 N–H and O–H groups in total. The van der Waals surface area contributed by atoms with Gasteiger partial charge in [-0.1, -0.05) is 218 Å². The molecule has 0 amide bonds. The molecule has 0 fully saturated rings. The molecular formula is C103H72N2O2. The maximum absolute atomic E-state index is 10.7. The highest BCUT2D eigenvalue weighted by Gasteiger charge is 2.54. The summed E-state index contributed by atoms with van der Waals surface area (Å²) in [7, 11) is 1.75. The van der Waals surface area contributed by atoms with Gasteiger partial charge in [0.25, 0.3) is 0 Å². The molecule has 0 saturated heterocycles. The Hall–Kier alpha value is -13.3. The van der Waals surface area contributed by atoms with Gasteiger partial charge in [0, 0.05) is 34.1 Å². The summed E-state index contributed by atoms with van der Waals surface area (Å²) in [6, 6.07) is 126. The van der Waals surface area contributed by atoms with Crippen molar-refractivity contribution >= 4 is 98.8 Å². The van der Waals surface area contributed by atoms with Crippen LogP contribution in [0, 0.1) is 27.7 Å². The minimum atomic E-state index is -0.526. The van der Waals surface area contributed by atoms with Crippen molar-refractivity contribution < 1.29 is 9.84 Å². The zero-order valence-electron chi connectivity index (χ0n) is 60.1. The molecule has 0 radical (unpaired) electrons. The highest BCUT2D eigenvalue weighted by atomic mass is 16.5. The fourth-order valence-electron chi connectivity index (χ4n) is 19.5. The Morgan fingerprint density at radius 1 is 0.215 bits per heavy atom. The molecule has 22 rings (SSSR count). The van der Waals surface area contributed by atoms with E-state index in [0.29, 0.717) is 0 Å². The van der Waals surface area contributed by atoms with E-state index in [1.807, 2.05) is 12.1 Å². The molecule has 4 heteroatoms. The van der Waals surface area contributed by atoms with Crippen LogP contribution in [-0.2, 0) is 10.8 Å². The van der Waals surface area contributed by atoms with Gasteiger partial charge >= 0.3 is 0 Å². The monoisotopic (exact) mass is 1370 g/mol. The minimum absolute atomic E-state index is 0.282. The number of ether oxygens (including phenoxy) is 1. The molecular weight excluding hydrogens is 1300 g/mol. The van der Waals surface area contributed by atoms with E-state index < -0.39 is 10.8 Å². The molecule has 506 valence electrons. The van der Waals surface area contributed by atoms with Crippen molar-refractivity contribution in [2.24, 2.45) is 0 Å². The van der Waals surface area contributed by atoms with E-state index in [1.165, 1.54) is 160 Å². The zero-order chi connectivity index (χ0) is 71.6. The maximum Gasteiger partial charge on any atom is 0.119 e. The first-order valence-electron chi connectivity index (χ1n) is 37.2. The van der Waals surface area contributed by atoms with E-state index in [-0.39, 0.29) is 5.75 Å². The third-order valence-electron chi connectivity index (χ3n) is 23.8. The number of anilines is 6. The second kappa shape index (κ2) is 23.6. The first-order chi connectivity index (χ1) is 52.5. The van der Waals surface area contributed by atoms with Gasteiger partial charge in [0.1, 0.15) is 11.5 Å². The molecule has 0 saturated carbocycles. The summed E-state index contributed by atoms with van der Waals surface area (Å²) in [6.45, 7) is 8.68. The van der Waals surface area contributed by atoms with E-state index >= 15 is 0 Å². The largest absolute Gasteiger partial charge is 0.508 e. The Bertz CT molecular complexity index is 6670. The smallest absolute Gasteiger partial charge is 0.119 e. The van der Waals surface area contributed by atoms with Crippen molar-refractivity contribution in [3.63, 3.8) is 0 Å². The molecule has 2 spiro atoms. The standard InChI is InChI=1S/C52H37NO.C51H35NO/c1-32-12-10-14-34(26-32)53(35-15-11-13-33(2)27-35)36-22-24-43-47-30-45-39-17-5-4-16-38(39)44-29-37(54-3)23-25-40(44)46(45)31-51(47)52(50(43)28-36)48-20-8-6-18-41(48)42-19-7-9-21-49(42)52;1-31-11-9-13-33(25-31)52(34-14-10-12-32(2)26-34)35-21-23-42-46-29-44-38-16-4-3-15-37(38)43-28-36(53)22-24-39(43)45(44)30-50(46)51(49(42)27-35)47-19-7-5-17-40(47)41-18-6-8-20-48(41)51/h4-31H,1-3H3;3-30,53H,1-2H3. The lowest BCUT2D eigenvalue weighted by atomic mass is 9.70. The molecule has 4 aliphatic rings. The van der Waals surface area contributed by atoms with Crippen molar-refractivity contribution in [2.75, 3.05) is 16.9 Å². The number of aromatic hydroxyl groups is 1. The first kappa shape index (κ1) is 62.3. The van der Waals surface area contributed by atoms with Crippen LogP contribution in [0.3, 0.4) is 0 Å². The fraction of sp³-hybridized carbons (Fsp3) is 0.0680. The van der Waals surface area contributed by atoms with Crippen molar-refractivity contribution in [1.29, 1.82) is 0 Å². The number of aryl methyl sites for hydroxylation is 4. The van der Waals surface area contributed by atoms with Crippen LogP contribution in [-0.4, -0.2) is 12.2 Å². The summed E-state index contributed by atoms with van der Waals surface area (Å²) in [5, 5.41) is 25.2. The van der Waals surface area contributed by atoms with Gasteiger partial charge < -0.3 is 19.6 Å². The Morgan fingerprint density at radius 3 is 0.869 bits per heavy atom. The van der Waals surface area contributed by atoms with Crippen molar-refractivity contribution in [3.05, 3.63) is 406 Å². The maximum atomic E-state index is 10.7. The second-order valence-corrected chi connectivity index (χ2v) is 29.8. The van der Waals surface area contributed by atoms with Crippen molar-refractivity contribution in [2.45, 2.75) is 38.5 Å². The quantitative estimate of drug-likeness (QED) is 0.161. The van der Waals surface area contributed by atoms with Crippen LogP contribution in [0.4, 0.5) is 34.1 Å². The average molecular weight is 1370 g/mol. The third kappa shape index (κ3) is 9.03. The van der Waals surface area contributed by atoms with Crippen LogP contribution in [0.1, 0.15) is 66.8 Å². The first-order valence-corrected chi connectivity index (χ1v) is 37.2. The second-order valence-electron chi connectivity index (χ2n) is 29.8. The van der Waals surface area contributed by atoms with Gasteiger partial charge in [0.05, 0.1) is 17.9 Å². The number of hydrogen-bond acceptors (Lipinski definition) is 4. The third-order valence-corrected chi connectivity index (χ3v) is 23.8. The SMILES string of the molecule is COc1ccc2c(c1)c1ccccc1c1cc3c(cc21)C1(c2ccccc2-c2ccccc21)c1cc(N(c2cccc(C)c2)c2cccc(C)c2)ccc1-3.Cc1cccc(N(c2cccc(C)c2)c2ccc3c(c2)C2(c4ccccc4-c4ccccc42)c2cc4c5ccc(O)cc5c5ccccc5c4cc2-3)c1. The van der Waals surface area contributed by atoms with E-state index in [9.17, 15) is 5.11 Å². The Balaban J connectivity index is 0.000000137. The van der Waals surface area contributed by atoms with Crippen molar-refractivity contribution in [3.8, 4) is 56.0 Å². The molecule has 18 aromatic rings. The topological polar surface area (TPSA) is 35.9 Å². The molecule has 0 heterocycles. The molecule has 0 aromatic heterocycles. The summed E-state index contributed by atoms with van der Waals surface area (Å²) >= 11 is 0. The van der Waals surface area contributed by atoms with Gasteiger partial charge in [-0.05, 0) is 325 Å². The highest BCUT2D eigenvalue weighted by Crippen LogP contribution is 2.67. The predicted molar refractivity (Wildman–Crippen MR) is 447 cm³/mol. The number of phenolic OH excluding ortho intramolecular Hbond substituents is 1. The van der Waals surface area contributed by atoms with Gasteiger partial charge in [-0.15, -0.1) is 0 Å². The molecule has 18 aromatic carbocycles. The van der Waals surface area contributed by atoms with Crippen LogP contribution in [0.15, 0.2) is 340 Å². The Kier molecular flexibility index (Phi) is 13.8. The van der Waals surface area contributed by atoms with Gasteiger partial charge in [0.2, 0.25) is 0 Å². The van der Waals surface area contributed by atoms with Crippen LogP contribution >= 0.6 is 0 Å². The van der Waals surface area contributed by atoms with E-state index in [1.54, 1.807) is 7.11 Å². The minimum Gasteiger partial charge on any atom is -0.508 e. The number of hydrogen-bond donors (Lipinski definition) is 1. The summed E-state index contributed by atoms with van der Waals surface area (Å²) < 4.78 is 5.76. The van der Waals surface area contributed by atoms with Crippen LogP contribution in [0.5, 0.6) is 11.5 Å². The number of benzene rings is 18. The lowest BCUT2D eigenvalue weighted by molar-refractivity contribution is 0.415. The molecule has 0 atom stereocenters. The molecule has 0 bridgehead atoms. The molecule has 0 unspecified atom stereocenters. The average Bonchev–Trinajstić information content (AvgIpc) is 1.51. The highest BCUT2D eigenvalue weighted by molar-refractivity contribution is 6.28. The van der Waals surface area contributed by atoms with Gasteiger partial charge in [0.15, 0.2) is 0 Å². The van der Waals surface area contributed by atoms with E-state index in [0.717, 1.165) is 56.0 Å². The number of methoxy groups -OCH3 is 1. The fourth-order valence-corrected chi connectivity index (χ4v) is 19.5. The van der Waals surface area contributed by atoms with Gasteiger partial charge in [-0.3, -0.25) is 0 Å². The zero-order valence-corrected chi connectivity index (χ0v) is 60.1. The summed E-state index contributed by atoms with van der Waals surface area (Å²) in [5.74, 6) is 1.15. The molecule has 4 nitrogen and oxygen atoms in total. The normalized spacial score (nSPS) is 13.3. The lowest BCUT2D eigenvalue weighted by Gasteiger charge is -2.32. The Labute approximate surface area is 622 Å². The number of nitrogens with zero attached hydrogens (tertiary/aromatic N) is 2. The van der Waals surface area contributed by atoms with Gasteiger partial charge in [-0.25, -0.2) is 0 Å². The Morgan fingerprint density at radius 2 is 0.505 bits per heavy atom. The van der Waals surface area contributed by atoms with Crippen LogP contribution in [0.25, 0.3) is 109 Å². The molecule has 4 aliphatic carbocycles. The van der Waals surface area contributed by atoms with E-state index in [4.69, 9.17) is 4.74 Å². The summed E-state index contributed by atoms with van der Waals surface area (Å²) in [4.78, 5) is 4.84. The number of fused-ring (bicyclic) bond motifs is 32. The van der Waals surface area contributed by atoms with Gasteiger partial charge in [-0.2, -0.15) is 0 Å². The number of rotatable bonds is 7. The van der Waals surface area contributed by atoms with Crippen LogP contribution in [0.2, 0.25) is 0 Å². The summed E-state index contributed by atoms with van der Waals surface area (Å²) in [6.07, 6.45) is 0. The van der Waals surface area contributed by atoms with Crippen LogP contribution < -0.4 is 14.5 Å². The van der Waals surface area contributed by atoms with E-state index in [2.05, 4.69) is 365 Å². The number of phenols is 1. The molecule has 107 heavy (non-hydrogen) atoms. The summed E-state index contributed by atoms with van der Waals surface area (Å²) in [5.41, 5.74) is 31.6. The predicted octanol–water partition coefficient (Wildman–Crippen LogP) is 26.9. The molecule has 0 aliphatic heterocycles. The van der Waals surface area contributed by atoms with Crippen molar-refractivity contribution in [1.82, 2.24) is 0 Å².